The van der Waals surface area contributed by atoms with Crippen molar-refractivity contribution >= 4 is 17.8 Å². The van der Waals surface area contributed by atoms with Gasteiger partial charge in [-0.3, -0.25) is 9.59 Å². The van der Waals surface area contributed by atoms with Crippen molar-refractivity contribution in [2.45, 2.75) is 43.4 Å². The maximum atomic E-state index is 12.7. The summed E-state index contributed by atoms with van der Waals surface area (Å²) in [6.45, 7) is 1.88. The number of nitrogens with zero attached hydrogens (tertiary/aromatic N) is 1. The Hall–Kier alpha value is -2.45. The maximum Gasteiger partial charge on any atom is 0.334 e. The van der Waals surface area contributed by atoms with Gasteiger partial charge in [-0.25, -0.2) is 4.79 Å². The molecule has 3 aliphatic heterocycles. The summed E-state index contributed by atoms with van der Waals surface area (Å²) in [5.74, 6) is -2.39. The third kappa shape index (κ3) is 2.48. The highest BCUT2D eigenvalue weighted by atomic mass is 16.8. The molecular weight excluding hydrogens is 340 g/mol. The van der Waals surface area contributed by atoms with Crippen molar-refractivity contribution in [1.82, 2.24) is 10.2 Å². The number of methoxy groups -OCH3 is 1. The molecule has 4 rings (SSSR count). The lowest BCUT2D eigenvalue weighted by Gasteiger charge is -2.56. The average molecular weight is 360 g/mol. The first-order valence-corrected chi connectivity index (χ1v) is 8.49. The molecule has 3 saturated heterocycles. The Kier molecular flexibility index (Phi) is 3.96. The van der Waals surface area contributed by atoms with Crippen LogP contribution in [0, 0.1) is 0 Å². The number of benzene rings is 1. The van der Waals surface area contributed by atoms with Gasteiger partial charge in [0.25, 0.3) is 0 Å². The lowest BCUT2D eigenvalue weighted by atomic mass is 9.84. The van der Waals surface area contributed by atoms with Gasteiger partial charge in [0.2, 0.25) is 11.8 Å². The number of β-lactam (4-membered cyclic amide) rings is 1. The topological polar surface area (TPSA) is 94.2 Å². The van der Waals surface area contributed by atoms with E-state index >= 15 is 0 Å². The maximum absolute atomic E-state index is 12.7. The third-order valence-corrected chi connectivity index (χ3v) is 5.21. The van der Waals surface area contributed by atoms with E-state index in [-0.39, 0.29) is 30.9 Å². The Morgan fingerprint density at radius 3 is 2.77 bits per heavy atom. The molecule has 5 atom stereocenters. The van der Waals surface area contributed by atoms with E-state index < -0.39 is 29.9 Å². The summed E-state index contributed by atoms with van der Waals surface area (Å²) in [6, 6.07) is 7.13. The predicted octanol–water partition coefficient (Wildman–Crippen LogP) is -0.388. The summed E-state index contributed by atoms with van der Waals surface area (Å²) in [5, 5.41) is 2.77. The van der Waals surface area contributed by atoms with Crippen LogP contribution in [-0.4, -0.2) is 66.4 Å². The first-order valence-electron chi connectivity index (χ1n) is 8.49. The molecule has 0 unspecified atom stereocenters. The molecule has 2 amide bonds. The fraction of sp³-hybridized carbons (Fsp3) is 0.500. The second-order valence-corrected chi connectivity index (χ2v) is 6.85. The van der Waals surface area contributed by atoms with Crippen LogP contribution in [0.25, 0.3) is 0 Å². The van der Waals surface area contributed by atoms with Gasteiger partial charge in [-0.15, -0.1) is 0 Å². The number of fused-ring (bicyclic) bond motifs is 4. The molecule has 3 fully saturated rings. The number of morpholine rings is 1. The molecule has 2 bridgehead atoms. The third-order valence-electron chi connectivity index (χ3n) is 5.21. The summed E-state index contributed by atoms with van der Waals surface area (Å²) in [4.78, 5) is 38.6. The Balaban J connectivity index is 1.50. The first kappa shape index (κ1) is 17.0. The van der Waals surface area contributed by atoms with Gasteiger partial charge in [-0.1, -0.05) is 30.3 Å². The Morgan fingerprint density at radius 1 is 1.35 bits per heavy atom. The SMILES string of the molecule is COC(=O)[C@H]1N2C(=O)[C@H](NC(=O)Cc3ccccc3)[C@@H]2[C@H]2CO[C@]1(C)O2. The van der Waals surface area contributed by atoms with Crippen molar-refractivity contribution < 1.29 is 28.6 Å². The minimum Gasteiger partial charge on any atom is -0.467 e. The van der Waals surface area contributed by atoms with Crippen LogP contribution in [0.2, 0.25) is 0 Å². The number of carbonyl (C=O) groups is 3. The van der Waals surface area contributed by atoms with Crippen LogP contribution >= 0.6 is 0 Å². The van der Waals surface area contributed by atoms with Crippen molar-refractivity contribution in [3.05, 3.63) is 35.9 Å². The van der Waals surface area contributed by atoms with Crippen LogP contribution in [0.1, 0.15) is 12.5 Å². The lowest BCUT2D eigenvalue weighted by molar-refractivity contribution is -0.257. The number of nitrogens with one attached hydrogen (secondary N) is 1. The smallest absolute Gasteiger partial charge is 0.334 e. The van der Waals surface area contributed by atoms with Crippen LogP contribution in [-0.2, 0) is 35.0 Å². The highest BCUT2D eigenvalue weighted by Crippen LogP contribution is 2.44. The zero-order valence-electron chi connectivity index (χ0n) is 14.5. The van der Waals surface area contributed by atoms with Crippen molar-refractivity contribution in [3.8, 4) is 0 Å². The number of esters is 1. The largest absolute Gasteiger partial charge is 0.467 e. The number of carbonyl (C=O) groups excluding carboxylic acids is 3. The molecule has 138 valence electrons. The van der Waals surface area contributed by atoms with Crippen LogP contribution in [0.4, 0.5) is 0 Å². The average Bonchev–Trinajstić information content (AvgIpc) is 2.98. The highest BCUT2D eigenvalue weighted by Gasteiger charge is 2.68. The fourth-order valence-electron chi connectivity index (χ4n) is 4.00. The fourth-order valence-corrected chi connectivity index (χ4v) is 4.00. The first-order chi connectivity index (χ1) is 12.4. The van der Waals surface area contributed by atoms with Crippen LogP contribution in [0.5, 0.6) is 0 Å². The van der Waals surface area contributed by atoms with Gasteiger partial charge in [-0.2, -0.15) is 0 Å². The zero-order valence-corrected chi connectivity index (χ0v) is 14.5. The normalized spacial score (nSPS) is 34.7. The van der Waals surface area contributed by atoms with E-state index in [4.69, 9.17) is 14.2 Å². The van der Waals surface area contributed by atoms with Crippen molar-refractivity contribution in [1.29, 1.82) is 0 Å². The summed E-state index contributed by atoms with van der Waals surface area (Å²) in [7, 11) is 1.26. The summed E-state index contributed by atoms with van der Waals surface area (Å²) in [5.41, 5.74) is 0.859. The molecule has 8 nitrogen and oxygen atoms in total. The van der Waals surface area contributed by atoms with Gasteiger partial charge in [0, 0.05) is 0 Å². The molecule has 8 heteroatoms. The van der Waals surface area contributed by atoms with E-state index in [1.807, 2.05) is 30.3 Å². The Morgan fingerprint density at radius 2 is 2.08 bits per heavy atom. The van der Waals surface area contributed by atoms with Gasteiger partial charge < -0.3 is 24.4 Å². The van der Waals surface area contributed by atoms with E-state index in [1.54, 1.807) is 6.92 Å². The second-order valence-electron chi connectivity index (χ2n) is 6.85. The molecule has 0 radical (unpaired) electrons. The number of hydrogen-bond donors (Lipinski definition) is 1. The Labute approximate surface area is 150 Å². The summed E-state index contributed by atoms with van der Waals surface area (Å²) in [6.07, 6.45) is -0.210. The van der Waals surface area contributed by atoms with Gasteiger partial charge in [-0.05, 0) is 12.5 Å². The molecule has 0 spiro atoms. The zero-order chi connectivity index (χ0) is 18.5. The molecule has 0 aromatic heterocycles. The number of hydrogen-bond acceptors (Lipinski definition) is 6. The van der Waals surface area contributed by atoms with E-state index in [9.17, 15) is 14.4 Å². The van der Waals surface area contributed by atoms with E-state index in [0.29, 0.717) is 0 Å². The standard InChI is InChI=1S/C18H20N2O6/c1-18-15(17(23)24-2)20-14(11(26-18)9-25-18)13(16(20)22)19-12(21)8-10-6-4-3-5-7-10/h3-7,11,13-15H,8-9H2,1-2H3,(H,19,21)/t11-,13-,14+,15-,18-/m1/s1. The minimum atomic E-state index is -1.22. The van der Waals surface area contributed by atoms with Crippen LogP contribution in [0.3, 0.4) is 0 Å². The molecule has 1 aromatic rings. The number of amides is 2. The molecule has 0 aliphatic carbocycles. The van der Waals surface area contributed by atoms with Crippen molar-refractivity contribution in [2.24, 2.45) is 0 Å². The van der Waals surface area contributed by atoms with Crippen LogP contribution in [0.15, 0.2) is 30.3 Å². The second kappa shape index (κ2) is 6.07. The van der Waals surface area contributed by atoms with Crippen molar-refractivity contribution in [3.63, 3.8) is 0 Å². The molecule has 0 saturated carbocycles. The molecule has 26 heavy (non-hydrogen) atoms. The van der Waals surface area contributed by atoms with Crippen LogP contribution < -0.4 is 5.32 Å². The predicted molar refractivity (Wildman–Crippen MR) is 87.7 cm³/mol. The minimum absolute atomic E-state index is 0.178. The van der Waals surface area contributed by atoms with Crippen molar-refractivity contribution in [2.75, 3.05) is 13.7 Å². The molecular formula is C18H20N2O6. The lowest BCUT2D eigenvalue weighted by Crippen LogP contribution is -2.82. The summed E-state index contributed by atoms with van der Waals surface area (Å²) >= 11 is 0. The number of ether oxygens (including phenoxy) is 3. The molecule has 3 heterocycles. The summed E-state index contributed by atoms with van der Waals surface area (Å²) < 4.78 is 16.3. The van der Waals surface area contributed by atoms with Gasteiger partial charge in [0.15, 0.2) is 11.8 Å². The monoisotopic (exact) mass is 360 g/mol. The van der Waals surface area contributed by atoms with Gasteiger partial charge in [0.05, 0.1) is 26.2 Å². The number of rotatable bonds is 4. The van der Waals surface area contributed by atoms with Gasteiger partial charge in [0.1, 0.15) is 12.1 Å². The van der Waals surface area contributed by atoms with Gasteiger partial charge >= 0.3 is 5.97 Å². The van der Waals surface area contributed by atoms with E-state index in [0.717, 1.165) is 5.56 Å². The quantitative estimate of drug-likeness (QED) is 0.581. The van der Waals surface area contributed by atoms with E-state index in [1.165, 1.54) is 12.0 Å². The molecule has 3 aliphatic rings. The molecule has 1 aromatic carbocycles. The Bertz CT molecular complexity index is 753. The highest BCUT2D eigenvalue weighted by molar-refractivity contribution is 5.97. The van der Waals surface area contributed by atoms with E-state index in [2.05, 4.69) is 5.32 Å². The molecule has 1 N–H and O–H groups in total.